The highest BCUT2D eigenvalue weighted by Gasteiger charge is 2.64. The molecule has 7 rings (SSSR count). The molecule has 14 heteroatoms. The summed E-state index contributed by atoms with van der Waals surface area (Å²) in [6, 6.07) is 16.7. The molecule has 13 nitrogen and oxygen atoms in total. The van der Waals surface area contributed by atoms with E-state index in [1.807, 2.05) is 32.0 Å². The van der Waals surface area contributed by atoms with Crippen molar-refractivity contribution in [2.75, 3.05) is 59.0 Å². The zero-order chi connectivity index (χ0) is 44.9. The number of likely N-dealkylation sites (tertiary alicyclic amines) is 1. The van der Waals surface area contributed by atoms with Crippen LogP contribution >= 0.6 is 11.6 Å². The summed E-state index contributed by atoms with van der Waals surface area (Å²) in [5, 5.41) is 27.1. The van der Waals surface area contributed by atoms with Crippen LogP contribution in [-0.2, 0) is 16.0 Å². The fourth-order valence-electron chi connectivity index (χ4n) is 10.8. The van der Waals surface area contributed by atoms with Crippen LogP contribution in [0.3, 0.4) is 0 Å². The van der Waals surface area contributed by atoms with Crippen molar-refractivity contribution in [1.82, 2.24) is 25.2 Å². The average molecular weight is 888 g/mol. The smallest absolute Gasteiger partial charge is 0.251 e. The van der Waals surface area contributed by atoms with Crippen molar-refractivity contribution in [3.05, 3.63) is 76.1 Å². The summed E-state index contributed by atoms with van der Waals surface area (Å²) in [7, 11) is 0. The number of piperazine rings is 1. The van der Waals surface area contributed by atoms with Gasteiger partial charge in [0.05, 0.1) is 35.1 Å². The van der Waals surface area contributed by atoms with E-state index in [9.17, 15) is 20.0 Å². The molecule has 3 unspecified atom stereocenters. The third-order valence-corrected chi connectivity index (χ3v) is 14.3. The lowest BCUT2D eigenvalue weighted by Crippen LogP contribution is -2.74. The predicted octanol–water partition coefficient (Wildman–Crippen LogP) is 7.10. The van der Waals surface area contributed by atoms with Crippen molar-refractivity contribution in [2.24, 2.45) is 16.7 Å². The van der Waals surface area contributed by atoms with Gasteiger partial charge in [-0.15, -0.1) is 0 Å². The highest BCUT2D eigenvalue weighted by Crippen LogP contribution is 2.55. The van der Waals surface area contributed by atoms with Gasteiger partial charge in [-0.2, -0.15) is 5.26 Å². The number of aromatic nitrogens is 1. The van der Waals surface area contributed by atoms with Gasteiger partial charge >= 0.3 is 0 Å². The van der Waals surface area contributed by atoms with Gasteiger partial charge in [-0.1, -0.05) is 71.1 Å². The van der Waals surface area contributed by atoms with E-state index in [4.69, 9.17) is 30.3 Å². The lowest BCUT2D eigenvalue weighted by atomic mass is 9.49. The highest BCUT2D eigenvalue weighted by molar-refractivity contribution is 6.31. The van der Waals surface area contributed by atoms with E-state index in [0.29, 0.717) is 72.2 Å². The first-order valence-corrected chi connectivity index (χ1v) is 23.4. The van der Waals surface area contributed by atoms with E-state index in [1.54, 1.807) is 35.2 Å². The molecule has 2 amide bonds. The van der Waals surface area contributed by atoms with Crippen LogP contribution in [0.5, 0.6) is 11.5 Å². The van der Waals surface area contributed by atoms with Gasteiger partial charge in [-0.25, -0.2) is 0 Å². The fourth-order valence-corrected chi connectivity index (χ4v) is 11.0. The van der Waals surface area contributed by atoms with Crippen LogP contribution < -0.4 is 14.8 Å². The molecule has 0 spiro atoms. The number of hydrogen-bond donors (Lipinski definition) is 2. The number of aliphatic hydroxyl groups is 1. The zero-order valence-corrected chi connectivity index (χ0v) is 38.7. The molecule has 4 atom stereocenters. The molecule has 2 saturated carbocycles. The monoisotopic (exact) mass is 886 g/mol. The number of aliphatic hydroxyl groups excluding tert-OH is 1. The molecule has 0 radical (unpaired) electrons. The number of halogens is 1. The van der Waals surface area contributed by atoms with E-state index in [1.165, 1.54) is 12.8 Å². The Bertz CT molecular complexity index is 2040. The second-order valence-electron chi connectivity index (χ2n) is 19.6. The van der Waals surface area contributed by atoms with Gasteiger partial charge in [0.15, 0.2) is 0 Å². The molecule has 342 valence electrons. The van der Waals surface area contributed by atoms with Crippen molar-refractivity contribution < 1.29 is 33.4 Å². The summed E-state index contributed by atoms with van der Waals surface area (Å²) < 4.78 is 24.7. The number of carbonyl (C=O) groups excluding carboxylic acids is 2. The minimum Gasteiger partial charge on any atom is -0.491 e. The number of nitriles is 1. The number of rotatable bonds is 17. The molecule has 1 aromatic heterocycles. The SMILES string of the molecule is CC(C)C(C(=O)N1CC[C@@H](O)C1)c1cc(CCCN2CCN(C3CCCCC3OCCOc3ccc(C(=O)NC4C(C)(C)C(Oc5ccc(C#N)c(Cl)c5)C4(C)C)cc3)CC2)no1. The molecule has 3 aromatic rings. The van der Waals surface area contributed by atoms with Crippen LogP contribution in [0.4, 0.5) is 0 Å². The lowest BCUT2D eigenvalue weighted by molar-refractivity contribution is -0.164. The third-order valence-electron chi connectivity index (χ3n) is 14.0. The van der Waals surface area contributed by atoms with Gasteiger partial charge in [-0.05, 0) is 81.0 Å². The molecule has 4 fully saturated rings. The van der Waals surface area contributed by atoms with Crippen molar-refractivity contribution in [3.8, 4) is 17.6 Å². The number of nitrogens with one attached hydrogen (secondary N) is 1. The van der Waals surface area contributed by atoms with Gasteiger partial charge in [0.2, 0.25) is 5.91 Å². The molecule has 63 heavy (non-hydrogen) atoms. The van der Waals surface area contributed by atoms with E-state index in [2.05, 4.69) is 54.0 Å². The van der Waals surface area contributed by atoms with Gasteiger partial charge in [0.25, 0.3) is 5.91 Å². The van der Waals surface area contributed by atoms with E-state index in [-0.39, 0.29) is 52.7 Å². The Hall–Kier alpha value is -4.19. The van der Waals surface area contributed by atoms with Crippen LogP contribution in [0.15, 0.2) is 53.1 Å². The maximum Gasteiger partial charge on any atom is 0.251 e. The largest absolute Gasteiger partial charge is 0.491 e. The number of β-amino-alcohol motifs (C(OH)–C–C–N with tert-alkyl or cyclic N) is 1. The first-order chi connectivity index (χ1) is 30.1. The van der Waals surface area contributed by atoms with E-state index < -0.39 is 6.10 Å². The standard InChI is InChI=1S/C49H67ClN6O7/c1-32(2)43(45(59)56-21-19-36(57)31-56)42-28-35(53-63-42)10-9-20-54-22-24-55(25-23-54)40-11-7-8-12-41(40)61-27-26-60-37-16-13-33(14-17-37)44(58)52-46-48(3,4)47(49(46,5)6)62-38-18-15-34(30-51)39(50)29-38/h13-18,28-29,32,36,40-41,43,46-47,57H,7-12,19-27,31H2,1-6H3,(H,52,58)/t36-,40?,41?,43?,46?,47?/m1/s1. The summed E-state index contributed by atoms with van der Waals surface area (Å²) in [5.41, 5.74) is 1.14. The maximum absolute atomic E-state index is 13.4. The Kier molecular flexibility index (Phi) is 15.1. The summed E-state index contributed by atoms with van der Waals surface area (Å²) in [6.07, 6.45) is 6.57. The van der Waals surface area contributed by atoms with Crippen LogP contribution in [0.25, 0.3) is 0 Å². The summed E-state index contributed by atoms with van der Waals surface area (Å²) in [5.74, 6) is 1.48. The average Bonchev–Trinajstić information content (AvgIpc) is 3.92. The number of nitrogens with zero attached hydrogens (tertiary/aromatic N) is 5. The first kappa shape index (κ1) is 46.8. The first-order valence-electron chi connectivity index (χ1n) is 23.1. The minimum atomic E-state index is -0.443. The molecule has 2 saturated heterocycles. The molecule has 0 bridgehead atoms. The number of ether oxygens (including phenoxy) is 3. The Morgan fingerprint density at radius 2 is 1.68 bits per heavy atom. The second kappa shape index (κ2) is 20.3. The van der Waals surface area contributed by atoms with Crippen LogP contribution in [0.1, 0.15) is 113 Å². The molecule has 4 aliphatic rings. The highest BCUT2D eigenvalue weighted by atomic mass is 35.5. The van der Waals surface area contributed by atoms with Crippen LogP contribution in [0, 0.1) is 28.1 Å². The normalized spacial score (nSPS) is 25.3. The van der Waals surface area contributed by atoms with Crippen molar-refractivity contribution in [2.45, 2.75) is 123 Å². The van der Waals surface area contributed by atoms with Crippen molar-refractivity contribution in [1.29, 1.82) is 5.26 Å². The van der Waals surface area contributed by atoms with Crippen molar-refractivity contribution >= 4 is 23.4 Å². The summed E-state index contributed by atoms with van der Waals surface area (Å²) >= 11 is 6.26. The van der Waals surface area contributed by atoms with Gasteiger partial charge < -0.3 is 39.0 Å². The predicted molar refractivity (Wildman–Crippen MR) is 241 cm³/mol. The van der Waals surface area contributed by atoms with Gasteiger partial charge in [0.1, 0.15) is 42.0 Å². The minimum absolute atomic E-state index is 0.0155. The molecule has 2 N–H and O–H groups in total. The molecule has 2 aromatic carbocycles. The Morgan fingerprint density at radius 1 is 0.968 bits per heavy atom. The fraction of sp³-hybridized carbons (Fsp3) is 0.633. The molecule has 3 heterocycles. The van der Waals surface area contributed by atoms with Crippen LogP contribution in [0.2, 0.25) is 5.02 Å². The summed E-state index contributed by atoms with van der Waals surface area (Å²) in [4.78, 5) is 33.6. The summed E-state index contributed by atoms with van der Waals surface area (Å²) in [6.45, 7) is 19.4. The number of amides is 2. The van der Waals surface area contributed by atoms with Crippen molar-refractivity contribution in [3.63, 3.8) is 0 Å². The number of hydrogen-bond acceptors (Lipinski definition) is 11. The Morgan fingerprint density at radius 3 is 2.35 bits per heavy atom. The van der Waals surface area contributed by atoms with E-state index in [0.717, 1.165) is 64.1 Å². The Labute approximate surface area is 378 Å². The second-order valence-corrected chi connectivity index (χ2v) is 20.0. The third kappa shape index (κ3) is 10.9. The molecule has 2 aliphatic carbocycles. The quantitative estimate of drug-likeness (QED) is 0.134. The van der Waals surface area contributed by atoms with Gasteiger partial charge in [0, 0.05) is 79.9 Å². The molecular weight excluding hydrogens is 820 g/mol. The Balaban J connectivity index is 0.805. The number of benzene rings is 2. The van der Waals surface area contributed by atoms with E-state index >= 15 is 0 Å². The molecular formula is C49H67ClN6O7. The number of carbonyl (C=O) groups is 2. The van der Waals surface area contributed by atoms with Crippen LogP contribution in [-0.4, -0.2) is 126 Å². The topological polar surface area (TPSA) is 154 Å². The maximum atomic E-state index is 13.4. The van der Waals surface area contributed by atoms with Gasteiger partial charge in [-0.3, -0.25) is 14.5 Å². The molecule has 2 aliphatic heterocycles. The zero-order valence-electron chi connectivity index (χ0n) is 38.0. The number of aryl methyl sites for hydroxylation is 1. The lowest BCUT2D eigenvalue weighted by Gasteiger charge is -2.63.